The average molecular weight is 348 g/mol. The fourth-order valence-corrected chi connectivity index (χ4v) is 2.70. The molecule has 4 heteroatoms. The van der Waals surface area contributed by atoms with Crippen LogP contribution in [0.3, 0.4) is 0 Å². The molecule has 21 heavy (non-hydrogen) atoms. The molecule has 0 saturated heterocycles. The van der Waals surface area contributed by atoms with Gasteiger partial charge in [0, 0.05) is 29.9 Å². The van der Waals surface area contributed by atoms with Crippen LogP contribution in [-0.2, 0) is 13.1 Å². The number of halogens is 1. The van der Waals surface area contributed by atoms with E-state index in [9.17, 15) is 0 Å². The Morgan fingerprint density at radius 2 is 2.10 bits per heavy atom. The first-order chi connectivity index (χ1) is 10.2. The van der Waals surface area contributed by atoms with Crippen LogP contribution in [0.1, 0.15) is 24.6 Å². The fourth-order valence-electron chi connectivity index (χ4n) is 2.29. The number of benzene rings is 1. The molecule has 0 atom stereocenters. The van der Waals surface area contributed by atoms with Crippen molar-refractivity contribution in [1.82, 2.24) is 10.3 Å². The number of anilines is 1. The monoisotopic (exact) mass is 347 g/mol. The lowest BCUT2D eigenvalue weighted by Crippen LogP contribution is -2.21. The zero-order valence-corrected chi connectivity index (χ0v) is 14.2. The number of rotatable bonds is 7. The van der Waals surface area contributed by atoms with Crippen LogP contribution in [0.25, 0.3) is 0 Å². The highest BCUT2D eigenvalue weighted by Gasteiger charge is 2.09. The molecule has 0 radical (unpaired) electrons. The quantitative estimate of drug-likeness (QED) is 0.767. The molecule has 0 amide bonds. The number of hydrogen-bond acceptors (Lipinski definition) is 3. The number of aromatic nitrogens is 1. The Morgan fingerprint density at radius 1 is 1.24 bits per heavy atom. The van der Waals surface area contributed by atoms with Crippen LogP contribution in [0.4, 0.5) is 5.69 Å². The van der Waals surface area contributed by atoms with Crippen molar-refractivity contribution in [3.63, 3.8) is 0 Å². The summed E-state index contributed by atoms with van der Waals surface area (Å²) in [7, 11) is 2.11. The van der Waals surface area contributed by atoms with Gasteiger partial charge in [-0.15, -0.1) is 0 Å². The third-order valence-corrected chi connectivity index (χ3v) is 3.81. The molecule has 0 saturated carbocycles. The minimum absolute atomic E-state index is 0.809. The van der Waals surface area contributed by atoms with E-state index in [4.69, 9.17) is 0 Å². The molecule has 1 aromatic heterocycles. The largest absolute Gasteiger partial charge is 0.368 e. The van der Waals surface area contributed by atoms with Gasteiger partial charge >= 0.3 is 0 Å². The maximum absolute atomic E-state index is 4.40. The van der Waals surface area contributed by atoms with Crippen molar-refractivity contribution < 1.29 is 0 Å². The lowest BCUT2D eigenvalue weighted by atomic mass is 10.1. The summed E-state index contributed by atoms with van der Waals surface area (Å²) in [5.74, 6) is 0. The molecule has 0 aliphatic heterocycles. The molecule has 0 aliphatic carbocycles. The molecule has 0 bridgehead atoms. The Balaban J connectivity index is 2.13. The van der Waals surface area contributed by atoms with Gasteiger partial charge < -0.3 is 10.2 Å². The lowest BCUT2D eigenvalue weighted by molar-refractivity contribution is 0.673. The number of nitrogens with one attached hydrogen (secondary N) is 1. The van der Waals surface area contributed by atoms with Gasteiger partial charge in [-0.25, -0.2) is 0 Å². The van der Waals surface area contributed by atoms with Crippen LogP contribution >= 0.6 is 15.9 Å². The van der Waals surface area contributed by atoms with E-state index in [1.165, 1.54) is 11.3 Å². The molecule has 0 unspecified atom stereocenters. The second-order valence-electron chi connectivity index (χ2n) is 5.13. The molecule has 1 N–H and O–H groups in total. The van der Waals surface area contributed by atoms with E-state index in [1.54, 1.807) is 0 Å². The Labute approximate surface area is 135 Å². The summed E-state index contributed by atoms with van der Waals surface area (Å²) in [6.07, 6.45) is 2.99. The van der Waals surface area contributed by atoms with Gasteiger partial charge in [0.15, 0.2) is 0 Å². The third-order valence-electron chi connectivity index (χ3n) is 3.32. The summed E-state index contributed by atoms with van der Waals surface area (Å²) in [6, 6.07) is 12.5. The third kappa shape index (κ3) is 4.83. The first-order valence-corrected chi connectivity index (χ1v) is 8.10. The van der Waals surface area contributed by atoms with Gasteiger partial charge in [0.25, 0.3) is 0 Å². The fraction of sp³-hybridized carbons (Fsp3) is 0.353. The Morgan fingerprint density at radius 3 is 2.81 bits per heavy atom. The van der Waals surface area contributed by atoms with Gasteiger partial charge in [-0.05, 0) is 48.9 Å². The Hall–Kier alpha value is -1.39. The Bertz CT molecular complexity index is 557. The van der Waals surface area contributed by atoms with Gasteiger partial charge in [-0.2, -0.15) is 0 Å². The molecule has 1 aromatic carbocycles. The summed E-state index contributed by atoms with van der Waals surface area (Å²) in [6.45, 7) is 4.91. The van der Waals surface area contributed by atoms with Crippen molar-refractivity contribution in [3.05, 3.63) is 58.3 Å². The molecule has 2 rings (SSSR count). The minimum atomic E-state index is 0.809. The first-order valence-electron chi connectivity index (χ1n) is 7.31. The SMILES string of the molecule is CCCNCc1cc(Br)ccc1N(C)Cc1ccccn1. The molecule has 3 nitrogen and oxygen atoms in total. The molecular formula is C17H22BrN3. The van der Waals surface area contributed by atoms with Gasteiger partial charge in [0.05, 0.1) is 12.2 Å². The van der Waals surface area contributed by atoms with E-state index < -0.39 is 0 Å². The maximum atomic E-state index is 4.40. The first kappa shape index (κ1) is 16.0. The van der Waals surface area contributed by atoms with Crippen molar-refractivity contribution in [3.8, 4) is 0 Å². The van der Waals surface area contributed by atoms with Crippen LogP contribution in [0.15, 0.2) is 47.1 Å². The van der Waals surface area contributed by atoms with Crippen LogP contribution in [-0.4, -0.2) is 18.6 Å². The second kappa shape index (κ2) is 8.15. The van der Waals surface area contributed by atoms with E-state index in [2.05, 4.69) is 69.4 Å². The summed E-state index contributed by atoms with van der Waals surface area (Å²) in [4.78, 5) is 6.65. The smallest absolute Gasteiger partial charge is 0.0598 e. The maximum Gasteiger partial charge on any atom is 0.0598 e. The topological polar surface area (TPSA) is 28.2 Å². The van der Waals surface area contributed by atoms with Gasteiger partial charge in [-0.3, -0.25) is 4.98 Å². The number of pyridine rings is 1. The highest BCUT2D eigenvalue weighted by atomic mass is 79.9. The predicted molar refractivity (Wildman–Crippen MR) is 92.5 cm³/mol. The minimum Gasteiger partial charge on any atom is -0.368 e. The van der Waals surface area contributed by atoms with Crippen LogP contribution in [0, 0.1) is 0 Å². The van der Waals surface area contributed by atoms with Crippen molar-refractivity contribution in [2.45, 2.75) is 26.4 Å². The van der Waals surface area contributed by atoms with Crippen molar-refractivity contribution in [2.24, 2.45) is 0 Å². The van der Waals surface area contributed by atoms with Crippen LogP contribution in [0.5, 0.6) is 0 Å². The summed E-state index contributed by atoms with van der Waals surface area (Å²) >= 11 is 3.56. The molecule has 2 aromatic rings. The van der Waals surface area contributed by atoms with E-state index in [0.717, 1.165) is 36.2 Å². The van der Waals surface area contributed by atoms with Crippen LogP contribution < -0.4 is 10.2 Å². The normalized spacial score (nSPS) is 10.6. The van der Waals surface area contributed by atoms with Crippen molar-refractivity contribution >= 4 is 21.6 Å². The highest BCUT2D eigenvalue weighted by molar-refractivity contribution is 9.10. The zero-order valence-electron chi connectivity index (χ0n) is 12.6. The number of nitrogens with zero attached hydrogens (tertiary/aromatic N) is 2. The zero-order chi connectivity index (χ0) is 15.1. The van der Waals surface area contributed by atoms with Crippen molar-refractivity contribution in [2.75, 3.05) is 18.5 Å². The van der Waals surface area contributed by atoms with E-state index in [0.29, 0.717) is 0 Å². The van der Waals surface area contributed by atoms with E-state index >= 15 is 0 Å². The van der Waals surface area contributed by atoms with E-state index in [-0.39, 0.29) is 0 Å². The molecular weight excluding hydrogens is 326 g/mol. The molecule has 0 fully saturated rings. The highest BCUT2D eigenvalue weighted by Crippen LogP contribution is 2.25. The molecule has 1 heterocycles. The molecule has 0 spiro atoms. The lowest BCUT2D eigenvalue weighted by Gasteiger charge is -2.22. The van der Waals surface area contributed by atoms with Crippen LogP contribution in [0.2, 0.25) is 0 Å². The van der Waals surface area contributed by atoms with Gasteiger partial charge in [0.2, 0.25) is 0 Å². The average Bonchev–Trinajstić information content (AvgIpc) is 2.48. The van der Waals surface area contributed by atoms with Crippen molar-refractivity contribution in [1.29, 1.82) is 0 Å². The predicted octanol–water partition coefficient (Wildman–Crippen LogP) is 3.98. The van der Waals surface area contributed by atoms with E-state index in [1.807, 2.05) is 18.3 Å². The summed E-state index contributed by atoms with van der Waals surface area (Å²) in [5.41, 5.74) is 3.62. The summed E-state index contributed by atoms with van der Waals surface area (Å²) < 4.78 is 1.12. The molecule has 112 valence electrons. The molecule has 0 aliphatic rings. The standard InChI is InChI=1S/C17H22BrN3/c1-3-9-19-12-14-11-15(18)7-8-17(14)21(2)13-16-6-4-5-10-20-16/h4-8,10-11,19H,3,9,12-13H2,1-2H3. The summed E-state index contributed by atoms with van der Waals surface area (Å²) in [5, 5.41) is 3.47. The second-order valence-corrected chi connectivity index (χ2v) is 6.04. The van der Waals surface area contributed by atoms with Gasteiger partial charge in [0.1, 0.15) is 0 Å². The number of hydrogen-bond donors (Lipinski definition) is 1. The Kier molecular flexibility index (Phi) is 6.21. The van der Waals surface area contributed by atoms with Gasteiger partial charge in [-0.1, -0.05) is 28.9 Å².